The highest BCUT2D eigenvalue weighted by Crippen LogP contribution is 2.28. The third-order valence-corrected chi connectivity index (χ3v) is 5.02. The van der Waals surface area contributed by atoms with Gasteiger partial charge in [-0.25, -0.2) is 0 Å². The Balaban J connectivity index is 1.75. The average Bonchev–Trinajstić information content (AvgIpc) is 3.18. The van der Waals surface area contributed by atoms with Crippen molar-refractivity contribution in [2.75, 3.05) is 0 Å². The lowest BCUT2D eigenvalue weighted by Crippen LogP contribution is -2.00. The van der Waals surface area contributed by atoms with Crippen molar-refractivity contribution in [1.29, 1.82) is 0 Å². The average molecular weight is 408 g/mol. The van der Waals surface area contributed by atoms with Gasteiger partial charge in [0.1, 0.15) is 11.6 Å². The van der Waals surface area contributed by atoms with Crippen molar-refractivity contribution in [3.05, 3.63) is 46.2 Å². The fourth-order valence-corrected chi connectivity index (χ4v) is 3.65. The van der Waals surface area contributed by atoms with Gasteiger partial charge < -0.3 is 9.67 Å². The number of aromatic nitrogens is 7. The van der Waals surface area contributed by atoms with E-state index in [1.54, 1.807) is 40.4 Å². The number of hydrogen-bond donors (Lipinski definition) is 1. The van der Waals surface area contributed by atoms with Crippen molar-refractivity contribution < 1.29 is 5.11 Å². The van der Waals surface area contributed by atoms with Crippen LogP contribution in [-0.2, 0) is 13.7 Å². The van der Waals surface area contributed by atoms with Gasteiger partial charge in [0.25, 0.3) is 0 Å². The van der Waals surface area contributed by atoms with Crippen LogP contribution in [0.15, 0.2) is 40.5 Å². The van der Waals surface area contributed by atoms with Crippen LogP contribution >= 0.6 is 35.0 Å². The molecule has 11 heteroatoms. The first-order valence-corrected chi connectivity index (χ1v) is 8.98. The minimum absolute atomic E-state index is 0.179. The van der Waals surface area contributed by atoms with Crippen LogP contribution in [0.1, 0.15) is 5.82 Å². The maximum Gasteiger partial charge on any atom is 0.197 e. The van der Waals surface area contributed by atoms with Crippen LogP contribution in [0.3, 0.4) is 0 Å². The highest BCUT2D eigenvalue weighted by Gasteiger charge is 2.14. The summed E-state index contributed by atoms with van der Waals surface area (Å²) in [6.45, 7) is -0.179. The third-order valence-electron chi connectivity index (χ3n) is 3.62. The van der Waals surface area contributed by atoms with E-state index in [4.69, 9.17) is 23.2 Å². The zero-order valence-electron chi connectivity index (χ0n) is 13.3. The SMILES string of the molecule is Cn1c(CO)nnc1Sc1ccc2nnc(-c3cc(Cl)cc(Cl)c3)n2n1. The predicted molar refractivity (Wildman–Crippen MR) is 97.3 cm³/mol. The Hall–Kier alpha value is -2.20. The molecule has 0 atom stereocenters. The summed E-state index contributed by atoms with van der Waals surface area (Å²) in [5, 5.41) is 32.4. The number of nitrogens with zero attached hydrogens (tertiary/aromatic N) is 7. The fourth-order valence-electron chi connectivity index (χ4n) is 2.35. The van der Waals surface area contributed by atoms with Gasteiger partial charge in [-0.15, -0.1) is 20.4 Å². The van der Waals surface area contributed by atoms with Crippen molar-refractivity contribution >= 4 is 40.6 Å². The molecule has 1 aromatic carbocycles. The predicted octanol–water partition coefficient (Wildman–Crippen LogP) is 2.87. The molecule has 26 heavy (non-hydrogen) atoms. The largest absolute Gasteiger partial charge is 0.388 e. The number of aliphatic hydroxyl groups excluding tert-OH is 1. The van der Waals surface area contributed by atoms with E-state index in [1.165, 1.54) is 11.8 Å². The highest BCUT2D eigenvalue weighted by atomic mass is 35.5. The molecule has 0 amide bonds. The second kappa shape index (κ2) is 6.84. The number of halogens is 2. The Morgan fingerprint density at radius 3 is 2.50 bits per heavy atom. The van der Waals surface area contributed by atoms with Crippen LogP contribution in [0.25, 0.3) is 17.0 Å². The van der Waals surface area contributed by atoms with Gasteiger partial charge in [0.2, 0.25) is 0 Å². The summed E-state index contributed by atoms with van der Waals surface area (Å²) in [6, 6.07) is 8.78. The molecule has 0 aliphatic heterocycles. The van der Waals surface area contributed by atoms with Gasteiger partial charge in [0, 0.05) is 22.7 Å². The minimum atomic E-state index is -0.179. The first-order chi connectivity index (χ1) is 12.5. The number of benzene rings is 1. The molecule has 0 saturated heterocycles. The van der Waals surface area contributed by atoms with E-state index in [0.717, 1.165) is 0 Å². The van der Waals surface area contributed by atoms with Gasteiger partial charge in [0.15, 0.2) is 22.5 Å². The summed E-state index contributed by atoms with van der Waals surface area (Å²) >= 11 is 13.5. The molecular formula is C15H11Cl2N7OS. The molecule has 3 heterocycles. The molecule has 3 aromatic heterocycles. The summed E-state index contributed by atoms with van der Waals surface area (Å²) in [7, 11) is 1.78. The molecule has 0 spiro atoms. The van der Waals surface area contributed by atoms with Gasteiger partial charge in [-0.1, -0.05) is 23.2 Å². The normalized spacial score (nSPS) is 11.4. The van der Waals surface area contributed by atoms with Gasteiger partial charge in [-0.3, -0.25) is 0 Å². The Labute approximate surface area is 161 Å². The second-order valence-corrected chi connectivity index (χ2v) is 7.20. The Morgan fingerprint density at radius 1 is 1.04 bits per heavy atom. The summed E-state index contributed by atoms with van der Waals surface area (Å²) in [6.07, 6.45) is 0. The zero-order chi connectivity index (χ0) is 18.3. The standard InChI is InChI=1S/C15H11Cl2N7OS/c1-23-12(7-25)19-21-15(23)26-13-3-2-11-18-20-14(24(11)22-13)8-4-9(16)6-10(17)5-8/h2-6,25H,7H2,1H3. The van der Waals surface area contributed by atoms with Crippen molar-refractivity contribution in [2.24, 2.45) is 7.05 Å². The summed E-state index contributed by atoms with van der Waals surface area (Å²) < 4.78 is 3.33. The molecule has 0 saturated carbocycles. The van der Waals surface area contributed by atoms with Crippen LogP contribution in [-0.4, -0.2) is 39.7 Å². The van der Waals surface area contributed by atoms with Gasteiger partial charge in [0.05, 0.1) is 0 Å². The first-order valence-electron chi connectivity index (χ1n) is 7.41. The van der Waals surface area contributed by atoms with Crippen molar-refractivity contribution in [3.63, 3.8) is 0 Å². The van der Waals surface area contributed by atoms with Gasteiger partial charge in [-0.2, -0.15) is 9.61 Å². The van der Waals surface area contributed by atoms with E-state index in [9.17, 15) is 5.11 Å². The summed E-state index contributed by atoms with van der Waals surface area (Å²) in [5.41, 5.74) is 1.31. The molecule has 0 aliphatic carbocycles. The van der Waals surface area contributed by atoms with E-state index in [1.807, 2.05) is 6.07 Å². The van der Waals surface area contributed by atoms with Gasteiger partial charge >= 0.3 is 0 Å². The third kappa shape index (κ3) is 3.14. The molecule has 0 bridgehead atoms. The topological polar surface area (TPSA) is 94.0 Å². The molecular weight excluding hydrogens is 397 g/mol. The van der Waals surface area contributed by atoms with Crippen LogP contribution in [0.5, 0.6) is 0 Å². The van der Waals surface area contributed by atoms with Gasteiger partial charge in [-0.05, 0) is 42.1 Å². The quantitative estimate of drug-likeness (QED) is 0.555. The van der Waals surface area contributed by atoms with E-state index in [-0.39, 0.29) is 6.61 Å². The Kier molecular flexibility index (Phi) is 4.53. The monoisotopic (exact) mass is 407 g/mol. The molecule has 0 fully saturated rings. The highest BCUT2D eigenvalue weighted by molar-refractivity contribution is 7.99. The van der Waals surface area contributed by atoms with E-state index >= 15 is 0 Å². The maximum atomic E-state index is 9.23. The zero-order valence-corrected chi connectivity index (χ0v) is 15.7. The van der Waals surface area contributed by atoms with Crippen LogP contribution < -0.4 is 0 Å². The van der Waals surface area contributed by atoms with Crippen LogP contribution in [0, 0.1) is 0 Å². The smallest absolute Gasteiger partial charge is 0.197 e. The summed E-state index contributed by atoms with van der Waals surface area (Å²) in [5.74, 6) is 1.01. The molecule has 132 valence electrons. The lowest BCUT2D eigenvalue weighted by atomic mass is 10.2. The van der Waals surface area contributed by atoms with Crippen LogP contribution in [0.4, 0.5) is 0 Å². The maximum absolute atomic E-state index is 9.23. The number of hydrogen-bond acceptors (Lipinski definition) is 7. The van der Waals surface area contributed by atoms with Crippen LogP contribution in [0.2, 0.25) is 10.0 Å². The first kappa shape index (κ1) is 17.2. The summed E-state index contributed by atoms with van der Waals surface area (Å²) in [4.78, 5) is 0. The minimum Gasteiger partial charge on any atom is -0.388 e. The number of fused-ring (bicyclic) bond motifs is 1. The molecule has 4 rings (SSSR count). The second-order valence-electron chi connectivity index (χ2n) is 5.34. The Bertz CT molecular complexity index is 1090. The van der Waals surface area contributed by atoms with Crippen molar-refractivity contribution in [3.8, 4) is 11.4 Å². The number of rotatable bonds is 4. The molecule has 0 aliphatic rings. The van der Waals surface area contributed by atoms with Crippen molar-refractivity contribution in [2.45, 2.75) is 16.8 Å². The molecule has 0 unspecified atom stereocenters. The fraction of sp³-hybridized carbons (Fsp3) is 0.133. The Morgan fingerprint density at radius 2 is 1.81 bits per heavy atom. The van der Waals surface area contributed by atoms with Crippen molar-refractivity contribution in [1.82, 2.24) is 34.6 Å². The van der Waals surface area contributed by atoms with E-state index < -0.39 is 0 Å². The molecule has 4 aromatic rings. The molecule has 8 nitrogen and oxygen atoms in total. The lowest BCUT2D eigenvalue weighted by molar-refractivity contribution is 0.266. The van der Waals surface area contributed by atoms with E-state index in [2.05, 4.69) is 25.5 Å². The molecule has 0 radical (unpaired) electrons. The number of aliphatic hydroxyl groups is 1. The lowest BCUT2D eigenvalue weighted by Gasteiger charge is -2.04. The molecule has 1 N–H and O–H groups in total. The van der Waals surface area contributed by atoms with E-state index in [0.29, 0.717) is 43.1 Å².